The Morgan fingerprint density at radius 3 is 1.77 bits per heavy atom. The monoisotopic (exact) mass is 309 g/mol. The van der Waals surface area contributed by atoms with Gasteiger partial charge in [-0.15, -0.1) is 0 Å². The Balaban J connectivity index is 1.87. The predicted molar refractivity (Wildman–Crippen MR) is 95.8 cm³/mol. The van der Waals surface area contributed by atoms with Crippen LogP contribution < -0.4 is 0 Å². The first-order valence-corrected chi connectivity index (χ1v) is 9.52. The van der Waals surface area contributed by atoms with Crippen LogP contribution >= 0.6 is 0 Å². The molecule has 0 saturated heterocycles. The van der Waals surface area contributed by atoms with Crippen LogP contribution in [0.5, 0.6) is 0 Å². The number of nitrogens with zero attached hydrogens (tertiary/aromatic N) is 2. The summed E-state index contributed by atoms with van der Waals surface area (Å²) in [5.41, 5.74) is 0. The lowest BCUT2D eigenvalue weighted by molar-refractivity contribution is -0.780. The van der Waals surface area contributed by atoms with Gasteiger partial charge in [-0.2, -0.15) is 0 Å². The molecule has 0 aromatic heterocycles. The highest BCUT2D eigenvalue weighted by atomic mass is 16.3. The first-order valence-electron chi connectivity index (χ1n) is 9.52. The number of aliphatic hydroxyl groups is 1. The minimum atomic E-state index is 0.231. The lowest BCUT2D eigenvalue weighted by Gasteiger charge is -2.26. The Kier molecular flexibility index (Phi) is 11.3. The average molecular weight is 310 g/mol. The molecule has 1 aliphatic heterocycles. The molecule has 1 unspecified atom stereocenters. The van der Waals surface area contributed by atoms with Crippen molar-refractivity contribution < 1.29 is 9.59 Å². The van der Waals surface area contributed by atoms with E-state index >= 15 is 0 Å². The largest absolute Gasteiger partial charge is 0.390 e. The minimum Gasteiger partial charge on any atom is -0.390 e. The first-order chi connectivity index (χ1) is 10.8. The third-order valence-electron chi connectivity index (χ3n) is 4.69. The Morgan fingerprint density at radius 1 is 0.773 bits per heavy atom. The van der Waals surface area contributed by atoms with Crippen molar-refractivity contribution in [3.05, 3.63) is 12.4 Å². The number of hydrogen-bond acceptors (Lipinski definition) is 2. The maximum atomic E-state index is 9.17. The van der Waals surface area contributed by atoms with E-state index in [4.69, 9.17) is 0 Å². The number of aliphatic hydroxyl groups excluding tert-OH is 1. The van der Waals surface area contributed by atoms with E-state index in [9.17, 15) is 5.11 Å². The van der Waals surface area contributed by atoms with Crippen LogP contribution in [0.4, 0.5) is 0 Å². The van der Waals surface area contributed by atoms with Crippen molar-refractivity contribution in [3.8, 4) is 0 Å². The van der Waals surface area contributed by atoms with Gasteiger partial charge in [0, 0.05) is 0 Å². The molecule has 0 aromatic carbocycles. The van der Waals surface area contributed by atoms with E-state index in [2.05, 4.69) is 18.1 Å². The summed E-state index contributed by atoms with van der Waals surface area (Å²) in [6.45, 7) is 4.35. The number of unbranched alkanes of at least 4 members (excludes halogenated alkanes) is 11. The molecule has 0 amide bonds. The summed E-state index contributed by atoms with van der Waals surface area (Å²) in [7, 11) is 0. The number of aliphatic imine (C=N–C) groups is 1. The maximum absolute atomic E-state index is 9.17. The van der Waals surface area contributed by atoms with Gasteiger partial charge >= 0.3 is 0 Å². The lowest BCUT2D eigenvalue weighted by atomic mass is 10.1. The highest BCUT2D eigenvalue weighted by Gasteiger charge is 2.24. The molecule has 0 radical (unpaired) electrons. The molecule has 3 heteroatoms. The van der Waals surface area contributed by atoms with Gasteiger partial charge in [-0.3, -0.25) is 4.48 Å². The topological polar surface area (TPSA) is 32.6 Å². The highest BCUT2D eigenvalue weighted by Crippen LogP contribution is 2.15. The fourth-order valence-electron chi connectivity index (χ4n) is 3.19. The van der Waals surface area contributed by atoms with Gasteiger partial charge in [0.25, 0.3) is 0 Å². The molecular formula is C19H37N2O+. The van der Waals surface area contributed by atoms with Gasteiger partial charge in [0.15, 0.2) is 6.34 Å². The van der Waals surface area contributed by atoms with Crippen molar-refractivity contribution in [2.75, 3.05) is 19.7 Å². The Hall–Kier alpha value is -0.670. The molecule has 0 aromatic rings. The Morgan fingerprint density at radius 2 is 1.32 bits per heavy atom. The molecule has 1 aliphatic rings. The van der Waals surface area contributed by atoms with Gasteiger partial charge in [-0.1, -0.05) is 71.1 Å². The summed E-state index contributed by atoms with van der Waals surface area (Å²) in [4.78, 5) is 4.19. The normalized spacial score (nSPS) is 20.1. The minimum absolute atomic E-state index is 0.231. The zero-order chi connectivity index (χ0) is 15.9. The molecule has 0 saturated carbocycles. The summed E-state index contributed by atoms with van der Waals surface area (Å²) in [5.74, 6) is 0. The standard InChI is InChI=1S/C19H37N2O/c1-2-3-4-5-6-7-8-9-10-11-12-13-15-21(17-18-22)16-14-20-19-21/h14,16,19,22H,2-13,15,17-18H2,1H3/q+1. The fraction of sp³-hybridized carbons (Fsp3) is 0.842. The van der Waals surface area contributed by atoms with Gasteiger partial charge in [-0.05, 0) is 12.8 Å². The molecule has 1 atom stereocenters. The molecule has 1 rings (SSSR count). The van der Waals surface area contributed by atoms with Crippen LogP contribution in [0, 0.1) is 0 Å². The van der Waals surface area contributed by atoms with E-state index in [0.29, 0.717) is 0 Å². The van der Waals surface area contributed by atoms with Gasteiger partial charge in [-0.25, -0.2) is 4.99 Å². The van der Waals surface area contributed by atoms with E-state index in [1.807, 2.05) is 12.5 Å². The molecule has 0 aliphatic carbocycles. The summed E-state index contributed by atoms with van der Waals surface area (Å²) < 4.78 is 0.744. The van der Waals surface area contributed by atoms with Gasteiger partial charge in [0.05, 0.1) is 19.4 Å². The van der Waals surface area contributed by atoms with Crippen molar-refractivity contribution >= 4 is 6.34 Å². The lowest BCUT2D eigenvalue weighted by Crippen LogP contribution is -2.42. The van der Waals surface area contributed by atoms with E-state index in [1.54, 1.807) is 0 Å². The second-order valence-corrected chi connectivity index (χ2v) is 6.73. The van der Waals surface area contributed by atoms with E-state index in [-0.39, 0.29) is 6.61 Å². The van der Waals surface area contributed by atoms with E-state index in [0.717, 1.165) is 17.6 Å². The smallest absolute Gasteiger partial charge is 0.194 e. The molecule has 3 nitrogen and oxygen atoms in total. The van der Waals surface area contributed by atoms with Crippen molar-refractivity contribution in [2.24, 2.45) is 4.99 Å². The second-order valence-electron chi connectivity index (χ2n) is 6.73. The maximum Gasteiger partial charge on any atom is 0.194 e. The zero-order valence-corrected chi connectivity index (χ0v) is 14.7. The number of quaternary nitrogens is 1. The quantitative estimate of drug-likeness (QED) is 0.335. The summed E-state index contributed by atoms with van der Waals surface area (Å²) in [5, 5.41) is 9.17. The SMILES string of the molecule is CCCCCCCCCCCCCC[N+]1(CCO)C=CN=C1. The van der Waals surface area contributed by atoms with Crippen LogP contribution in [0.2, 0.25) is 0 Å². The zero-order valence-electron chi connectivity index (χ0n) is 14.7. The van der Waals surface area contributed by atoms with E-state index < -0.39 is 0 Å². The first kappa shape index (κ1) is 19.4. The molecule has 22 heavy (non-hydrogen) atoms. The van der Waals surface area contributed by atoms with Crippen molar-refractivity contribution in [1.82, 2.24) is 0 Å². The number of hydrogen-bond donors (Lipinski definition) is 1. The van der Waals surface area contributed by atoms with Crippen LogP contribution in [0.3, 0.4) is 0 Å². The molecule has 1 heterocycles. The van der Waals surface area contributed by atoms with Crippen LogP contribution in [0.1, 0.15) is 84.0 Å². The van der Waals surface area contributed by atoms with E-state index in [1.165, 1.54) is 77.0 Å². The summed E-state index contributed by atoms with van der Waals surface area (Å²) in [6, 6.07) is 0. The fourth-order valence-corrected chi connectivity index (χ4v) is 3.19. The van der Waals surface area contributed by atoms with Crippen molar-refractivity contribution in [2.45, 2.75) is 84.0 Å². The summed E-state index contributed by atoms with van der Waals surface area (Å²) >= 11 is 0. The van der Waals surface area contributed by atoms with Gasteiger partial charge in [0.2, 0.25) is 0 Å². The predicted octanol–water partition coefficient (Wildman–Crippen LogP) is 5.01. The number of rotatable bonds is 15. The average Bonchev–Trinajstić information content (AvgIpc) is 2.97. The van der Waals surface area contributed by atoms with Crippen LogP contribution in [0.25, 0.3) is 0 Å². The Bertz CT molecular complexity index is 301. The third kappa shape index (κ3) is 8.70. The highest BCUT2D eigenvalue weighted by molar-refractivity contribution is 5.50. The molecule has 0 bridgehead atoms. The van der Waals surface area contributed by atoms with Crippen molar-refractivity contribution in [3.63, 3.8) is 0 Å². The molecule has 1 N–H and O–H groups in total. The van der Waals surface area contributed by atoms with Crippen LogP contribution in [-0.4, -0.2) is 35.6 Å². The van der Waals surface area contributed by atoms with Gasteiger partial charge in [0.1, 0.15) is 12.7 Å². The molecule has 128 valence electrons. The van der Waals surface area contributed by atoms with Gasteiger partial charge < -0.3 is 5.11 Å². The molecule has 0 fully saturated rings. The molecular weight excluding hydrogens is 272 g/mol. The van der Waals surface area contributed by atoms with Crippen molar-refractivity contribution in [1.29, 1.82) is 0 Å². The molecule has 0 spiro atoms. The third-order valence-corrected chi connectivity index (χ3v) is 4.69. The Labute approximate surface area is 137 Å². The van der Waals surface area contributed by atoms with Crippen LogP contribution in [-0.2, 0) is 0 Å². The van der Waals surface area contributed by atoms with Crippen LogP contribution in [0.15, 0.2) is 17.4 Å². The second kappa shape index (κ2) is 12.8. The summed E-state index contributed by atoms with van der Waals surface area (Å²) in [6.07, 6.45) is 22.5.